The molecule has 6 heteroatoms. The predicted molar refractivity (Wildman–Crippen MR) is 137 cm³/mol. The van der Waals surface area contributed by atoms with Gasteiger partial charge in [0.1, 0.15) is 11.6 Å². The van der Waals surface area contributed by atoms with Crippen molar-refractivity contribution in [2.24, 2.45) is 0 Å². The summed E-state index contributed by atoms with van der Waals surface area (Å²) in [6, 6.07) is 24.7. The van der Waals surface area contributed by atoms with E-state index in [1.165, 1.54) is 7.11 Å². The number of fused-ring (bicyclic) bond motifs is 1. The number of rotatable bonds is 7. The molecular formula is C29H25N3O3. The van der Waals surface area contributed by atoms with Gasteiger partial charge in [0.25, 0.3) is 5.91 Å². The summed E-state index contributed by atoms with van der Waals surface area (Å²) in [7, 11) is 1.36. The summed E-state index contributed by atoms with van der Waals surface area (Å²) in [4.78, 5) is 24.8. The van der Waals surface area contributed by atoms with Gasteiger partial charge in [0.2, 0.25) is 0 Å². The lowest BCUT2D eigenvalue weighted by Gasteiger charge is -2.09. The number of nitriles is 1. The Morgan fingerprint density at radius 1 is 1.06 bits per heavy atom. The molecule has 35 heavy (non-hydrogen) atoms. The molecule has 0 bridgehead atoms. The first-order valence-corrected chi connectivity index (χ1v) is 11.3. The van der Waals surface area contributed by atoms with Crippen LogP contribution in [0.25, 0.3) is 17.0 Å². The number of ether oxygens (including phenoxy) is 1. The molecule has 6 nitrogen and oxygen atoms in total. The molecule has 0 unspecified atom stereocenters. The Morgan fingerprint density at radius 2 is 1.83 bits per heavy atom. The first kappa shape index (κ1) is 23.5. The van der Waals surface area contributed by atoms with Crippen molar-refractivity contribution < 1.29 is 14.3 Å². The van der Waals surface area contributed by atoms with Crippen molar-refractivity contribution in [2.45, 2.75) is 19.9 Å². The number of hydrogen-bond acceptors (Lipinski definition) is 4. The van der Waals surface area contributed by atoms with Crippen LogP contribution in [0, 0.1) is 11.3 Å². The molecule has 1 amide bonds. The lowest BCUT2D eigenvalue weighted by molar-refractivity contribution is -0.112. The molecule has 0 aliphatic heterocycles. The number of anilines is 1. The third kappa shape index (κ3) is 5.15. The molecule has 0 atom stereocenters. The van der Waals surface area contributed by atoms with Crippen LogP contribution in [-0.2, 0) is 22.5 Å². The molecule has 174 valence electrons. The van der Waals surface area contributed by atoms with Crippen LogP contribution >= 0.6 is 0 Å². The van der Waals surface area contributed by atoms with Crippen LogP contribution in [0.3, 0.4) is 0 Å². The molecule has 0 radical (unpaired) electrons. The van der Waals surface area contributed by atoms with Crippen LogP contribution < -0.4 is 5.32 Å². The van der Waals surface area contributed by atoms with E-state index in [0.29, 0.717) is 17.8 Å². The largest absolute Gasteiger partial charge is 0.465 e. The summed E-state index contributed by atoms with van der Waals surface area (Å²) in [5.41, 5.74) is 4.86. The number of aromatic nitrogens is 1. The van der Waals surface area contributed by atoms with Gasteiger partial charge in [0.15, 0.2) is 0 Å². The molecule has 1 N–H and O–H groups in total. The highest BCUT2D eigenvalue weighted by Gasteiger charge is 2.14. The maximum absolute atomic E-state index is 12.9. The Bertz CT molecular complexity index is 1470. The number of hydrogen-bond donors (Lipinski definition) is 1. The highest BCUT2D eigenvalue weighted by molar-refractivity contribution is 6.11. The fourth-order valence-electron chi connectivity index (χ4n) is 4.08. The zero-order valence-corrected chi connectivity index (χ0v) is 19.6. The van der Waals surface area contributed by atoms with Crippen molar-refractivity contribution in [3.8, 4) is 6.07 Å². The van der Waals surface area contributed by atoms with E-state index in [0.717, 1.165) is 34.0 Å². The van der Waals surface area contributed by atoms with Crippen LogP contribution in [-0.4, -0.2) is 23.6 Å². The van der Waals surface area contributed by atoms with E-state index in [1.807, 2.05) is 84.4 Å². The topological polar surface area (TPSA) is 84.1 Å². The molecular weight excluding hydrogens is 438 g/mol. The standard InChI is InChI=1S/C29H25N3O3/c1-3-21-10-4-6-13-26(21)31-28(33)23(17-30)16-24-19-32(27-14-7-5-12-25(24)27)18-20-9-8-11-22(15-20)29(34)35-2/h4-16,19H,3,18H2,1-2H3,(H,31,33)/b23-16-. The first-order chi connectivity index (χ1) is 17.0. The van der Waals surface area contributed by atoms with E-state index in [4.69, 9.17) is 4.74 Å². The number of methoxy groups -OCH3 is 1. The number of carbonyl (C=O) groups is 2. The van der Waals surface area contributed by atoms with Gasteiger partial charge in [-0.05, 0) is 47.9 Å². The zero-order valence-electron chi connectivity index (χ0n) is 19.6. The lowest BCUT2D eigenvalue weighted by Crippen LogP contribution is -2.14. The number of carbonyl (C=O) groups excluding carboxylic acids is 2. The number of aryl methyl sites for hydroxylation is 1. The van der Waals surface area contributed by atoms with E-state index in [1.54, 1.807) is 18.2 Å². The number of benzene rings is 3. The van der Waals surface area contributed by atoms with Crippen molar-refractivity contribution in [1.82, 2.24) is 4.57 Å². The Labute approximate surface area is 204 Å². The van der Waals surface area contributed by atoms with Gasteiger partial charge in [0.05, 0.1) is 12.7 Å². The van der Waals surface area contributed by atoms with Crippen LogP contribution in [0.4, 0.5) is 5.69 Å². The van der Waals surface area contributed by atoms with Crippen molar-refractivity contribution in [3.05, 3.63) is 107 Å². The average Bonchev–Trinajstić information content (AvgIpc) is 3.24. The number of amides is 1. The molecule has 4 aromatic rings. The lowest BCUT2D eigenvalue weighted by atomic mass is 10.1. The van der Waals surface area contributed by atoms with Crippen molar-refractivity contribution in [2.75, 3.05) is 12.4 Å². The highest BCUT2D eigenvalue weighted by atomic mass is 16.5. The molecule has 4 rings (SSSR count). The molecule has 0 aliphatic rings. The molecule has 0 saturated heterocycles. The molecule has 0 fully saturated rings. The molecule has 0 spiro atoms. The zero-order chi connectivity index (χ0) is 24.8. The molecule has 1 heterocycles. The summed E-state index contributed by atoms with van der Waals surface area (Å²) < 4.78 is 6.87. The smallest absolute Gasteiger partial charge is 0.337 e. The van der Waals surface area contributed by atoms with E-state index >= 15 is 0 Å². The summed E-state index contributed by atoms with van der Waals surface area (Å²) >= 11 is 0. The van der Waals surface area contributed by atoms with E-state index in [2.05, 4.69) is 5.32 Å². The SMILES string of the molecule is CCc1ccccc1NC(=O)/C(C#N)=C\c1cn(Cc2cccc(C(=O)OC)c2)c2ccccc12. The van der Waals surface area contributed by atoms with Crippen LogP contribution in [0.15, 0.2) is 84.6 Å². The Kier molecular flexibility index (Phi) is 7.08. The number of esters is 1. The van der Waals surface area contributed by atoms with Gasteiger partial charge in [-0.3, -0.25) is 4.79 Å². The summed E-state index contributed by atoms with van der Waals surface area (Å²) in [6.45, 7) is 2.53. The van der Waals surface area contributed by atoms with Crippen LogP contribution in [0.2, 0.25) is 0 Å². The van der Waals surface area contributed by atoms with E-state index in [-0.39, 0.29) is 11.5 Å². The fourth-order valence-corrected chi connectivity index (χ4v) is 4.08. The normalized spacial score (nSPS) is 11.2. The van der Waals surface area contributed by atoms with Crippen LogP contribution in [0.5, 0.6) is 0 Å². The van der Waals surface area contributed by atoms with Gasteiger partial charge in [0, 0.05) is 34.9 Å². The third-order valence-corrected chi connectivity index (χ3v) is 5.83. The van der Waals surface area contributed by atoms with Gasteiger partial charge >= 0.3 is 5.97 Å². The van der Waals surface area contributed by atoms with Crippen molar-refractivity contribution in [3.63, 3.8) is 0 Å². The summed E-state index contributed by atoms with van der Waals surface area (Å²) in [5, 5.41) is 13.5. The minimum absolute atomic E-state index is 0.0199. The third-order valence-electron chi connectivity index (χ3n) is 5.83. The summed E-state index contributed by atoms with van der Waals surface area (Å²) in [5.74, 6) is -0.835. The average molecular weight is 464 g/mol. The predicted octanol–water partition coefficient (Wildman–Crippen LogP) is 5.58. The molecule has 1 aromatic heterocycles. The van der Waals surface area contributed by atoms with Crippen molar-refractivity contribution >= 4 is 34.5 Å². The maximum Gasteiger partial charge on any atom is 0.337 e. The number of para-hydroxylation sites is 2. The number of nitrogens with one attached hydrogen (secondary N) is 1. The molecule has 3 aromatic carbocycles. The highest BCUT2D eigenvalue weighted by Crippen LogP contribution is 2.25. The maximum atomic E-state index is 12.9. The van der Waals surface area contributed by atoms with E-state index in [9.17, 15) is 14.9 Å². The fraction of sp³-hybridized carbons (Fsp3) is 0.138. The van der Waals surface area contributed by atoms with Gasteiger partial charge in [-0.2, -0.15) is 5.26 Å². The second-order valence-electron chi connectivity index (χ2n) is 8.06. The van der Waals surface area contributed by atoms with Gasteiger partial charge in [-0.25, -0.2) is 4.79 Å². The minimum Gasteiger partial charge on any atom is -0.465 e. The van der Waals surface area contributed by atoms with Gasteiger partial charge in [-0.15, -0.1) is 0 Å². The Balaban J connectivity index is 1.67. The van der Waals surface area contributed by atoms with Gasteiger partial charge in [-0.1, -0.05) is 55.5 Å². The Hall–Kier alpha value is -4.63. The monoisotopic (exact) mass is 463 g/mol. The van der Waals surface area contributed by atoms with Gasteiger partial charge < -0.3 is 14.6 Å². The first-order valence-electron chi connectivity index (χ1n) is 11.3. The quantitative estimate of drug-likeness (QED) is 0.220. The van der Waals surface area contributed by atoms with E-state index < -0.39 is 5.91 Å². The van der Waals surface area contributed by atoms with Crippen molar-refractivity contribution in [1.29, 1.82) is 5.26 Å². The second-order valence-corrected chi connectivity index (χ2v) is 8.06. The molecule has 0 saturated carbocycles. The number of nitrogens with zero attached hydrogens (tertiary/aromatic N) is 2. The second kappa shape index (κ2) is 10.5. The van der Waals surface area contributed by atoms with Crippen LogP contribution in [0.1, 0.15) is 34.0 Å². The Morgan fingerprint density at radius 3 is 2.60 bits per heavy atom. The summed E-state index contributed by atoms with van der Waals surface area (Å²) in [6.07, 6.45) is 4.31. The minimum atomic E-state index is -0.448. The molecule has 0 aliphatic carbocycles.